The van der Waals surface area contributed by atoms with Gasteiger partial charge in [-0.2, -0.15) is 0 Å². The van der Waals surface area contributed by atoms with Crippen LogP contribution < -0.4 is 0 Å². The molecule has 4 nitrogen and oxygen atoms in total. The largest absolute Gasteiger partial charge is 0.298 e. The summed E-state index contributed by atoms with van der Waals surface area (Å²) in [6, 6.07) is 10.0. The molecule has 1 aliphatic carbocycles. The fourth-order valence-electron chi connectivity index (χ4n) is 3.60. The lowest BCUT2D eigenvalue weighted by molar-refractivity contribution is -0.131. The summed E-state index contributed by atoms with van der Waals surface area (Å²) in [5.74, 6) is -0.214. The Morgan fingerprint density at radius 3 is 2.70 bits per heavy atom. The first-order chi connectivity index (χ1) is 11.2. The first-order valence-electron chi connectivity index (χ1n) is 8.02. The normalized spacial score (nSPS) is 26.7. The molecular formula is C18H18N2O2S. The van der Waals surface area contributed by atoms with E-state index in [2.05, 4.69) is 12.1 Å². The van der Waals surface area contributed by atoms with E-state index in [1.165, 1.54) is 24.3 Å². The molecule has 0 unspecified atom stereocenters. The molecule has 0 saturated carbocycles. The van der Waals surface area contributed by atoms with E-state index in [0.717, 1.165) is 36.9 Å². The van der Waals surface area contributed by atoms with Crippen molar-refractivity contribution in [2.24, 2.45) is 4.99 Å². The third-order valence-electron chi connectivity index (χ3n) is 4.67. The molecule has 4 rings (SSSR count). The van der Waals surface area contributed by atoms with Crippen LogP contribution in [0.25, 0.3) is 0 Å². The molecule has 0 aromatic heterocycles. The van der Waals surface area contributed by atoms with E-state index in [-0.39, 0.29) is 17.7 Å². The highest BCUT2D eigenvalue weighted by Crippen LogP contribution is 2.46. The number of hydrogen-bond acceptors (Lipinski definition) is 4. The predicted molar refractivity (Wildman–Crippen MR) is 91.0 cm³/mol. The maximum Gasteiger partial charge on any atom is 0.250 e. The SMILES string of the molecule is CC(=O)[C@@H]1SC2=NC3=C(CCCC3)[C@H](c3ccccc3)N2C1=O. The molecule has 1 amide bonds. The maximum absolute atomic E-state index is 12.8. The summed E-state index contributed by atoms with van der Waals surface area (Å²) in [6.45, 7) is 1.49. The highest BCUT2D eigenvalue weighted by atomic mass is 32.2. The Bertz CT molecular complexity index is 739. The van der Waals surface area contributed by atoms with Crippen LogP contribution in [-0.4, -0.2) is 27.0 Å². The number of thioether (sulfide) groups is 1. The zero-order valence-electron chi connectivity index (χ0n) is 13.0. The first kappa shape index (κ1) is 14.7. The van der Waals surface area contributed by atoms with Crippen LogP contribution in [0.3, 0.4) is 0 Å². The van der Waals surface area contributed by atoms with Crippen molar-refractivity contribution in [3.8, 4) is 0 Å². The average molecular weight is 326 g/mol. The number of Topliss-reactive ketones (excluding diaryl/α,β-unsaturated/α-hetero) is 1. The summed E-state index contributed by atoms with van der Waals surface area (Å²) in [5.41, 5.74) is 3.48. The number of amidine groups is 1. The van der Waals surface area contributed by atoms with E-state index in [1.807, 2.05) is 18.2 Å². The minimum Gasteiger partial charge on any atom is -0.298 e. The van der Waals surface area contributed by atoms with Crippen molar-refractivity contribution in [1.82, 2.24) is 4.90 Å². The molecule has 23 heavy (non-hydrogen) atoms. The highest BCUT2D eigenvalue weighted by Gasteiger charge is 2.47. The zero-order valence-corrected chi connectivity index (χ0v) is 13.8. The van der Waals surface area contributed by atoms with Gasteiger partial charge < -0.3 is 0 Å². The van der Waals surface area contributed by atoms with Gasteiger partial charge in [-0.1, -0.05) is 42.1 Å². The second-order valence-electron chi connectivity index (χ2n) is 6.20. The van der Waals surface area contributed by atoms with E-state index in [0.29, 0.717) is 5.17 Å². The Morgan fingerprint density at radius 1 is 1.22 bits per heavy atom. The lowest BCUT2D eigenvalue weighted by Crippen LogP contribution is -2.40. The van der Waals surface area contributed by atoms with Gasteiger partial charge in [0.25, 0.3) is 5.91 Å². The lowest BCUT2D eigenvalue weighted by Gasteiger charge is -2.36. The van der Waals surface area contributed by atoms with Crippen molar-refractivity contribution in [2.45, 2.75) is 43.9 Å². The topological polar surface area (TPSA) is 49.7 Å². The Hall–Kier alpha value is -1.88. The van der Waals surface area contributed by atoms with Gasteiger partial charge >= 0.3 is 0 Å². The van der Waals surface area contributed by atoms with Crippen LogP contribution in [0.4, 0.5) is 0 Å². The van der Waals surface area contributed by atoms with Crippen molar-refractivity contribution in [3.05, 3.63) is 47.2 Å². The molecule has 1 aromatic rings. The molecule has 0 N–H and O–H groups in total. The molecule has 1 aromatic carbocycles. The molecule has 2 heterocycles. The third-order valence-corrected chi connectivity index (χ3v) is 5.94. The van der Waals surface area contributed by atoms with E-state index in [4.69, 9.17) is 4.99 Å². The van der Waals surface area contributed by atoms with Crippen molar-refractivity contribution >= 4 is 28.6 Å². The molecule has 1 saturated heterocycles. The van der Waals surface area contributed by atoms with Gasteiger partial charge in [-0.15, -0.1) is 0 Å². The number of carbonyl (C=O) groups excluding carboxylic acids is 2. The zero-order chi connectivity index (χ0) is 16.0. The van der Waals surface area contributed by atoms with Crippen molar-refractivity contribution in [2.75, 3.05) is 0 Å². The maximum atomic E-state index is 12.8. The van der Waals surface area contributed by atoms with Crippen LogP contribution in [0.5, 0.6) is 0 Å². The average Bonchev–Trinajstić information content (AvgIpc) is 2.90. The van der Waals surface area contributed by atoms with Crippen LogP contribution >= 0.6 is 11.8 Å². The third kappa shape index (κ3) is 2.34. The Morgan fingerprint density at radius 2 is 1.96 bits per heavy atom. The van der Waals surface area contributed by atoms with E-state index in [9.17, 15) is 9.59 Å². The molecule has 3 aliphatic rings. The Labute approximate surface area is 139 Å². The predicted octanol–water partition coefficient (Wildman–Crippen LogP) is 3.46. The fraction of sp³-hybridized carbons (Fsp3) is 0.389. The fourth-order valence-corrected chi connectivity index (χ4v) is 4.66. The van der Waals surface area contributed by atoms with Crippen LogP contribution in [0.15, 0.2) is 46.6 Å². The first-order valence-corrected chi connectivity index (χ1v) is 8.90. The molecular weight excluding hydrogens is 308 g/mol. The summed E-state index contributed by atoms with van der Waals surface area (Å²) in [4.78, 5) is 31.1. The van der Waals surface area contributed by atoms with Gasteiger partial charge in [0.15, 0.2) is 11.0 Å². The van der Waals surface area contributed by atoms with Gasteiger partial charge in [0, 0.05) is 5.70 Å². The van der Waals surface area contributed by atoms with Gasteiger partial charge in [-0.3, -0.25) is 14.5 Å². The van der Waals surface area contributed by atoms with E-state index >= 15 is 0 Å². The summed E-state index contributed by atoms with van der Waals surface area (Å²) in [6.07, 6.45) is 4.23. The molecule has 5 heteroatoms. The molecule has 0 radical (unpaired) electrons. The van der Waals surface area contributed by atoms with Crippen LogP contribution in [0.2, 0.25) is 0 Å². The minimum absolute atomic E-state index is 0.0941. The van der Waals surface area contributed by atoms with Crippen molar-refractivity contribution in [1.29, 1.82) is 0 Å². The molecule has 2 aliphatic heterocycles. The van der Waals surface area contributed by atoms with Gasteiger partial charge in [0.1, 0.15) is 5.25 Å². The second kappa shape index (κ2) is 5.64. The van der Waals surface area contributed by atoms with Crippen LogP contribution in [0.1, 0.15) is 44.2 Å². The van der Waals surface area contributed by atoms with Crippen molar-refractivity contribution in [3.63, 3.8) is 0 Å². The number of amides is 1. The standard InChI is InChI=1S/C18H18N2O2S/c1-11(21)16-17(22)20-15(12-7-3-2-4-8-12)13-9-5-6-10-14(13)19-18(20)23-16/h2-4,7-8,15-16H,5-6,9-10H2,1H3/t15-,16-/m0/s1. The molecule has 1 fully saturated rings. The minimum atomic E-state index is -0.638. The summed E-state index contributed by atoms with van der Waals surface area (Å²) in [7, 11) is 0. The van der Waals surface area contributed by atoms with Crippen LogP contribution in [0, 0.1) is 0 Å². The van der Waals surface area contributed by atoms with Crippen molar-refractivity contribution < 1.29 is 9.59 Å². The molecule has 2 atom stereocenters. The smallest absolute Gasteiger partial charge is 0.250 e. The van der Waals surface area contributed by atoms with Gasteiger partial charge in [-0.25, -0.2) is 4.99 Å². The van der Waals surface area contributed by atoms with Crippen LogP contribution in [-0.2, 0) is 9.59 Å². The Kier molecular flexibility index (Phi) is 3.60. The molecule has 118 valence electrons. The van der Waals surface area contributed by atoms with E-state index in [1.54, 1.807) is 4.90 Å². The second-order valence-corrected chi connectivity index (χ2v) is 7.28. The number of hydrogen-bond donors (Lipinski definition) is 0. The quantitative estimate of drug-likeness (QED) is 0.782. The number of nitrogens with zero attached hydrogens (tertiary/aromatic N) is 2. The number of aliphatic imine (C=N–C) groups is 1. The number of allylic oxidation sites excluding steroid dienone is 1. The molecule has 0 spiro atoms. The summed E-state index contributed by atoms with van der Waals surface area (Å²) < 4.78 is 0. The highest BCUT2D eigenvalue weighted by molar-refractivity contribution is 8.16. The van der Waals surface area contributed by atoms with Gasteiger partial charge in [0.05, 0.1) is 6.04 Å². The van der Waals surface area contributed by atoms with E-state index < -0.39 is 5.25 Å². The monoisotopic (exact) mass is 326 g/mol. The lowest BCUT2D eigenvalue weighted by atomic mass is 9.86. The Balaban J connectivity index is 1.84. The number of rotatable bonds is 2. The number of fused-ring (bicyclic) bond motifs is 1. The summed E-state index contributed by atoms with van der Waals surface area (Å²) in [5, 5.41) is 0.0611. The molecule has 0 bridgehead atoms. The number of ketones is 1. The number of carbonyl (C=O) groups is 2. The van der Waals surface area contributed by atoms with Gasteiger partial charge in [0.2, 0.25) is 0 Å². The summed E-state index contributed by atoms with van der Waals surface area (Å²) >= 11 is 1.31. The van der Waals surface area contributed by atoms with Gasteiger partial charge in [-0.05, 0) is 43.7 Å². The number of benzene rings is 1.